The number of benzene rings is 1. The third kappa shape index (κ3) is 13.4. The van der Waals surface area contributed by atoms with Crippen molar-refractivity contribution in [3.63, 3.8) is 0 Å². The molecule has 0 saturated carbocycles. The summed E-state index contributed by atoms with van der Waals surface area (Å²) >= 11 is 4.94. The molecule has 11 aromatic heterocycles. The molecule has 15 rings (SSSR count). The number of aromatic nitrogens is 12. The fraction of sp³-hybridized carbons (Fsp3) is 0.446. The Labute approximate surface area is 584 Å². The summed E-state index contributed by atoms with van der Waals surface area (Å²) in [5.74, 6) is -0.350. The molecule has 0 spiro atoms. The molecule has 14 heterocycles. The van der Waals surface area contributed by atoms with Gasteiger partial charge in [-0.1, -0.05) is 34.0 Å². The number of anilines is 3. The molecule has 0 bridgehead atoms. The van der Waals surface area contributed by atoms with E-state index < -0.39 is 0 Å². The summed E-state index contributed by atoms with van der Waals surface area (Å²) < 4.78 is 23.1. The van der Waals surface area contributed by atoms with Gasteiger partial charge in [0.25, 0.3) is 0 Å². The maximum absolute atomic E-state index is 14.5. The van der Waals surface area contributed by atoms with Gasteiger partial charge in [-0.3, -0.25) is 34.3 Å². The van der Waals surface area contributed by atoms with Crippen molar-refractivity contribution in [3.05, 3.63) is 120 Å². The number of thiazole rings is 3. The minimum Gasteiger partial charge on any atom is -0.359 e. The molecular formula is C74H87FN20S3. The first-order valence-electron chi connectivity index (χ1n) is 33.4. The fourth-order valence-corrected chi connectivity index (χ4v) is 18.2. The summed E-state index contributed by atoms with van der Waals surface area (Å²) in [6.07, 6.45) is 21.3. The van der Waals surface area contributed by atoms with E-state index in [1.807, 2.05) is 92.9 Å². The number of piperidine rings is 3. The van der Waals surface area contributed by atoms with Gasteiger partial charge in [-0.2, -0.15) is 15.6 Å². The smallest absolute Gasteiger partial charge is 0.184 e. The third-order valence-electron chi connectivity index (χ3n) is 20.9. The molecule has 20 nitrogen and oxygen atoms in total. The maximum Gasteiger partial charge on any atom is 0.184 e. The van der Waals surface area contributed by atoms with E-state index in [1.54, 1.807) is 49.3 Å². The lowest BCUT2D eigenvalue weighted by Crippen LogP contribution is -2.61. The van der Waals surface area contributed by atoms with Crippen molar-refractivity contribution in [1.29, 1.82) is 10.5 Å². The zero-order valence-electron chi connectivity index (χ0n) is 59.3. The zero-order valence-corrected chi connectivity index (χ0v) is 61.8. The second-order valence-electron chi connectivity index (χ2n) is 30.9. The molecule has 12 aromatic rings. The number of aryl methyl sites for hydroxylation is 3. The highest BCUT2D eigenvalue weighted by atomic mass is 32.1. The van der Waals surface area contributed by atoms with Crippen LogP contribution in [-0.2, 0) is 7.05 Å². The number of hydrogen-bond donors (Lipinski definition) is 3. The number of halogens is 1. The predicted molar refractivity (Wildman–Crippen MR) is 397 cm³/mol. The summed E-state index contributed by atoms with van der Waals surface area (Å²) in [5, 5.41) is 38.4. The van der Waals surface area contributed by atoms with Crippen molar-refractivity contribution < 1.29 is 4.39 Å². The number of pyridine rings is 5. The average Bonchev–Trinajstić information content (AvgIpc) is 0.847. The highest BCUT2D eigenvalue weighted by molar-refractivity contribution is 7.23. The van der Waals surface area contributed by atoms with Crippen molar-refractivity contribution in [2.45, 2.75) is 187 Å². The molecule has 98 heavy (non-hydrogen) atoms. The molecule has 0 atom stereocenters. The summed E-state index contributed by atoms with van der Waals surface area (Å²) in [6.45, 7) is 31.5. The lowest BCUT2D eigenvalue weighted by molar-refractivity contribution is -0.00796. The Bertz CT molecular complexity index is 4870. The highest BCUT2D eigenvalue weighted by Gasteiger charge is 2.46. The number of nitrogens with zero attached hydrogens (tertiary/aromatic N) is 17. The van der Waals surface area contributed by atoms with Gasteiger partial charge in [0.2, 0.25) is 0 Å². The van der Waals surface area contributed by atoms with E-state index >= 15 is 0 Å². The summed E-state index contributed by atoms with van der Waals surface area (Å²) in [4.78, 5) is 44.4. The van der Waals surface area contributed by atoms with Crippen LogP contribution in [0.3, 0.4) is 0 Å². The van der Waals surface area contributed by atoms with Crippen LogP contribution in [0.15, 0.2) is 92.0 Å². The van der Waals surface area contributed by atoms with Crippen LogP contribution in [0.2, 0.25) is 0 Å². The first-order chi connectivity index (χ1) is 46.1. The molecule has 1 aromatic carbocycles. The largest absolute Gasteiger partial charge is 0.359 e. The maximum atomic E-state index is 14.5. The topological polar surface area (TPSA) is 223 Å². The Morgan fingerprint density at radius 2 is 0.806 bits per heavy atom. The molecule has 3 N–H and O–H groups in total. The van der Waals surface area contributed by atoms with Crippen molar-refractivity contribution in [3.8, 4) is 45.9 Å². The van der Waals surface area contributed by atoms with E-state index in [-0.39, 0.29) is 39.1 Å². The normalized spacial score (nSPS) is 18.7. The number of fused-ring (bicyclic) bond motifs is 6. The van der Waals surface area contributed by atoms with Gasteiger partial charge < -0.3 is 24.8 Å². The predicted octanol–water partition coefficient (Wildman–Crippen LogP) is 15.9. The summed E-state index contributed by atoms with van der Waals surface area (Å²) in [7, 11) is 8.53. The van der Waals surface area contributed by atoms with Gasteiger partial charge in [0.15, 0.2) is 32.5 Å². The third-order valence-corrected chi connectivity index (χ3v) is 23.7. The highest BCUT2D eigenvalue weighted by Crippen LogP contribution is 2.43. The Hall–Kier alpha value is -8.62. The van der Waals surface area contributed by atoms with Crippen molar-refractivity contribution in [2.24, 2.45) is 7.05 Å². The standard InChI is InChI=1S/2C25H29N7S.C24H29FN6S/c1-24(2)10-18(11-25(3,4)32(24)6)28-23-29-20-13-27-19(9-21(20)33-23)15-7-16(12-26)22-17(8-15)14-31(5)30-22;1-15-13-32-14-17(7-16(11-26)22(32)28-15)19-8-21-20(12-27-19)30-23(33-21)29-18-9-24(2,3)31(6)25(4,5)10-18;1-14-12-31-13-15(7-17(25)21(31)27-14)18-8-20-19(11-26-18)29-22(32-20)28-16-9-23(2,3)30(6)24(4,5)10-16/h7-9,13-14,18H,10-11H2,1-6H3,(H,28,29);7-8,12-14,18H,9-10H2,1-6H3,(H,29,30);7-8,11-13,16H,9-10H2,1-6H3,(H,28,29). The molecule has 3 fully saturated rings. The van der Waals surface area contributed by atoms with Gasteiger partial charge in [0.1, 0.15) is 34.2 Å². The quantitative estimate of drug-likeness (QED) is 0.122. The van der Waals surface area contributed by atoms with Crippen LogP contribution >= 0.6 is 34.0 Å². The van der Waals surface area contributed by atoms with Gasteiger partial charge >= 0.3 is 0 Å². The molecule has 0 aliphatic carbocycles. The molecule has 0 amide bonds. The molecule has 0 radical (unpaired) electrons. The summed E-state index contributed by atoms with van der Waals surface area (Å²) in [6, 6.07) is 19.0. The molecule has 3 aliphatic rings. The molecular weight excluding hydrogens is 1280 g/mol. The molecule has 508 valence electrons. The molecule has 3 aliphatic heterocycles. The molecule has 3 saturated heterocycles. The van der Waals surface area contributed by atoms with Gasteiger partial charge in [0, 0.05) is 111 Å². The Balaban J connectivity index is 0.000000132. The van der Waals surface area contributed by atoms with E-state index in [1.165, 1.54) is 6.07 Å². The van der Waals surface area contributed by atoms with E-state index in [0.29, 0.717) is 40.5 Å². The van der Waals surface area contributed by atoms with Crippen LogP contribution in [-0.4, -0.2) is 146 Å². The monoisotopic (exact) mass is 1370 g/mol. The van der Waals surface area contributed by atoms with E-state index in [4.69, 9.17) is 15.0 Å². The first kappa shape index (κ1) is 67.9. The number of nitrogens with one attached hydrogen (secondary N) is 3. The van der Waals surface area contributed by atoms with Crippen LogP contribution < -0.4 is 16.0 Å². The van der Waals surface area contributed by atoms with Crippen LogP contribution in [0, 0.1) is 42.3 Å². The van der Waals surface area contributed by atoms with Gasteiger partial charge in [0.05, 0.1) is 72.3 Å². The van der Waals surface area contributed by atoms with Gasteiger partial charge in [-0.05, 0) is 199 Å². The minimum absolute atomic E-state index is 0.110. The van der Waals surface area contributed by atoms with Gasteiger partial charge in [-0.15, -0.1) is 0 Å². The molecule has 0 unspecified atom stereocenters. The van der Waals surface area contributed by atoms with Crippen LogP contribution in [0.5, 0.6) is 0 Å². The average molecular weight is 1370 g/mol. The van der Waals surface area contributed by atoms with E-state index in [0.717, 1.165) is 141 Å². The zero-order chi connectivity index (χ0) is 69.9. The summed E-state index contributed by atoms with van der Waals surface area (Å²) in [5.41, 5.74) is 12.7. The van der Waals surface area contributed by atoms with E-state index in [9.17, 15) is 14.9 Å². The van der Waals surface area contributed by atoms with E-state index in [2.05, 4.69) is 189 Å². The molecule has 24 heteroatoms. The van der Waals surface area contributed by atoms with Crippen LogP contribution in [0.4, 0.5) is 19.8 Å². The van der Waals surface area contributed by atoms with Crippen molar-refractivity contribution >= 4 is 102 Å². The number of imidazole rings is 2. The minimum atomic E-state index is -0.350. The number of nitriles is 2. The Morgan fingerprint density at radius 1 is 0.449 bits per heavy atom. The fourth-order valence-electron chi connectivity index (χ4n) is 15.3. The Morgan fingerprint density at radius 3 is 1.20 bits per heavy atom. The number of hydrogen-bond acceptors (Lipinski definition) is 20. The second-order valence-corrected chi connectivity index (χ2v) is 34.0. The van der Waals surface area contributed by atoms with Crippen LogP contribution in [0.1, 0.15) is 144 Å². The van der Waals surface area contributed by atoms with Crippen LogP contribution in [0.25, 0.3) is 86.6 Å². The number of rotatable bonds is 9. The van der Waals surface area contributed by atoms with Crippen molar-refractivity contribution in [1.82, 2.24) is 73.2 Å². The SMILES string of the molecule is CN1C(C)(C)CC(Nc2nc3cnc(-c4cc(C#N)c5nn(C)cc5c4)cc3s2)CC1(C)C.Cc1cn2cc(-c3cc4sc(NC5CC(C)(C)N(C)C(C)(C)C5)nc4cn3)cc(C#N)c2n1.Cc1cn2cc(-c3cc4sc(NC5CC(C)(C)N(C)C(C)(C)C5)nc4cn3)cc(F)c2n1. The Kier molecular flexibility index (Phi) is 17.3. The lowest BCUT2D eigenvalue weighted by Gasteiger charge is -2.53. The lowest BCUT2D eigenvalue weighted by atomic mass is 9.77. The second kappa shape index (κ2) is 25.0. The van der Waals surface area contributed by atoms with Gasteiger partial charge in [-0.25, -0.2) is 29.3 Å². The first-order valence-corrected chi connectivity index (χ1v) is 35.8. The number of likely N-dealkylation sites (tertiary alicyclic amines) is 3. The van der Waals surface area contributed by atoms with Crippen molar-refractivity contribution in [2.75, 3.05) is 37.1 Å².